The van der Waals surface area contributed by atoms with Crippen LogP contribution in [-0.2, 0) is 13.0 Å². The highest BCUT2D eigenvalue weighted by Gasteiger charge is 2.22. The maximum absolute atomic E-state index is 4.74. The van der Waals surface area contributed by atoms with Crippen LogP contribution in [0.1, 0.15) is 49.4 Å². The molecule has 1 aliphatic heterocycles. The van der Waals surface area contributed by atoms with Gasteiger partial charge < -0.3 is 15.5 Å². The first-order valence-electron chi connectivity index (χ1n) is 10.9. The second kappa shape index (κ2) is 13.3. The van der Waals surface area contributed by atoms with E-state index < -0.39 is 0 Å². The minimum atomic E-state index is 0. The van der Waals surface area contributed by atoms with Gasteiger partial charge in [0.05, 0.1) is 12.2 Å². The zero-order chi connectivity index (χ0) is 20.5. The van der Waals surface area contributed by atoms with Crippen LogP contribution in [0.15, 0.2) is 40.7 Å². The van der Waals surface area contributed by atoms with Gasteiger partial charge in [-0.05, 0) is 43.7 Å². The lowest BCUT2D eigenvalue weighted by Crippen LogP contribution is -2.40. The minimum Gasteiger partial charge on any atom is -0.357 e. The molecule has 0 spiro atoms. The summed E-state index contributed by atoms with van der Waals surface area (Å²) >= 11 is 1.70. The summed E-state index contributed by atoms with van der Waals surface area (Å²) in [6.45, 7) is 12.5. The number of rotatable bonds is 9. The van der Waals surface area contributed by atoms with Gasteiger partial charge in [0, 0.05) is 31.6 Å². The van der Waals surface area contributed by atoms with Crippen molar-refractivity contribution in [3.05, 3.63) is 52.0 Å². The predicted octanol–water partition coefficient (Wildman–Crippen LogP) is 4.50. The summed E-state index contributed by atoms with van der Waals surface area (Å²) in [5.41, 5.74) is 2.60. The van der Waals surface area contributed by atoms with Crippen LogP contribution in [0.5, 0.6) is 0 Å². The van der Waals surface area contributed by atoms with Gasteiger partial charge in [-0.25, -0.2) is 9.98 Å². The third kappa shape index (κ3) is 8.15. The molecule has 2 N–H and O–H groups in total. The molecule has 3 rings (SSSR count). The number of thiazole rings is 1. The second-order valence-electron chi connectivity index (χ2n) is 8.09. The third-order valence-electron chi connectivity index (χ3n) is 5.37. The summed E-state index contributed by atoms with van der Waals surface area (Å²) in [7, 11) is 0. The van der Waals surface area contributed by atoms with Crippen LogP contribution >= 0.6 is 35.3 Å². The van der Waals surface area contributed by atoms with Crippen LogP contribution < -0.4 is 10.6 Å². The summed E-state index contributed by atoms with van der Waals surface area (Å²) in [6, 6.07) is 10.8. The molecule has 1 saturated heterocycles. The monoisotopic (exact) mass is 541 g/mol. The molecule has 1 atom stereocenters. The normalized spacial score (nSPS) is 17.2. The molecule has 1 fully saturated rings. The first-order chi connectivity index (χ1) is 14.1. The highest BCUT2D eigenvalue weighted by atomic mass is 127. The minimum absolute atomic E-state index is 0. The number of benzene rings is 1. The van der Waals surface area contributed by atoms with Gasteiger partial charge in [0.15, 0.2) is 5.96 Å². The zero-order valence-electron chi connectivity index (χ0n) is 18.4. The van der Waals surface area contributed by atoms with Gasteiger partial charge in [0.25, 0.3) is 0 Å². The van der Waals surface area contributed by atoms with Crippen molar-refractivity contribution in [2.75, 3.05) is 32.7 Å². The van der Waals surface area contributed by atoms with Crippen LogP contribution in [0.4, 0.5) is 0 Å². The maximum Gasteiger partial charge on any atom is 0.191 e. The number of nitrogens with zero attached hydrogens (tertiary/aromatic N) is 3. The Kier molecular flexibility index (Phi) is 11.1. The second-order valence-corrected chi connectivity index (χ2v) is 9.03. The van der Waals surface area contributed by atoms with E-state index >= 15 is 0 Å². The fourth-order valence-corrected chi connectivity index (χ4v) is 4.49. The first kappa shape index (κ1) is 25.1. The van der Waals surface area contributed by atoms with Gasteiger partial charge in [-0.2, -0.15) is 0 Å². The Hall–Kier alpha value is -1.19. The van der Waals surface area contributed by atoms with Crippen molar-refractivity contribution in [1.29, 1.82) is 0 Å². The molecule has 0 aliphatic carbocycles. The molecule has 0 amide bonds. The number of guanidine groups is 1. The molecule has 7 heteroatoms. The number of aliphatic imine (C=N–C) groups is 1. The number of likely N-dealkylation sites (tertiary alicyclic amines) is 1. The molecule has 2 heterocycles. The lowest BCUT2D eigenvalue weighted by molar-refractivity contribution is 0.328. The van der Waals surface area contributed by atoms with E-state index in [9.17, 15) is 0 Å². The number of halogens is 1. The average molecular weight is 542 g/mol. The molecule has 2 aromatic rings. The highest BCUT2D eigenvalue weighted by molar-refractivity contribution is 14.0. The zero-order valence-corrected chi connectivity index (χ0v) is 21.6. The number of hydrogen-bond acceptors (Lipinski definition) is 4. The molecule has 0 bridgehead atoms. The number of hydrogen-bond donors (Lipinski definition) is 2. The van der Waals surface area contributed by atoms with E-state index in [1.54, 1.807) is 11.3 Å². The maximum atomic E-state index is 4.74. The molecule has 1 unspecified atom stereocenters. The molecular weight excluding hydrogens is 505 g/mol. The van der Waals surface area contributed by atoms with Crippen LogP contribution in [0, 0.1) is 5.92 Å². The lowest BCUT2D eigenvalue weighted by Gasteiger charge is -2.17. The van der Waals surface area contributed by atoms with E-state index in [1.165, 1.54) is 30.8 Å². The Labute approximate surface area is 202 Å². The van der Waals surface area contributed by atoms with Crippen molar-refractivity contribution in [1.82, 2.24) is 20.5 Å². The van der Waals surface area contributed by atoms with Gasteiger partial charge in [-0.3, -0.25) is 0 Å². The molecule has 1 aromatic carbocycles. The molecule has 1 aliphatic rings. The Balaban J connectivity index is 0.00000320. The van der Waals surface area contributed by atoms with Gasteiger partial charge in [0.2, 0.25) is 0 Å². The van der Waals surface area contributed by atoms with Crippen LogP contribution in [0.3, 0.4) is 0 Å². The molecule has 0 saturated carbocycles. The van der Waals surface area contributed by atoms with Crippen molar-refractivity contribution in [2.45, 2.75) is 46.1 Å². The van der Waals surface area contributed by atoms with Gasteiger partial charge in [0.1, 0.15) is 5.01 Å². The molecule has 0 radical (unpaired) electrons. The van der Waals surface area contributed by atoms with Crippen molar-refractivity contribution < 1.29 is 0 Å². The van der Waals surface area contributed by atoms with Crippen molar-refractivity contribution in [2.24, 2.45) is 10.9 Å². The van der Waals surface area contributed by atoms with Crippen LogP contribution in [-0.4, -0.2) is 48.6 Å². The van der Waals surface area contributed by atoms with Crippen LogP contribution in [0.2, 0.25) is 0 Å². The van der Waals surface area contributed by atoms with Gasteiger partial charge in [-0.15, -0.1) is 35.3 Å². The highest BCUT2D eigenvalue weighted by Crippen LogP contribution is 2.18. The summed E-state index contributed by atoms with van der Waals surface area (Å²) in [4.78, 5) is 12.0. The van der Waals surface area contributed by atoms with Crippen molar-refractivity contribution in [3.63, 3.8) is 0 Å². The molecule has 1 aromatic heterocycles. The largest absolute Gasteiger partial charge is 0.357 e. The fraction of sp³-hybridized carbons (Fsp3) is 0.565. The lowest BCUT2D eigenvalue weighted by atomic mass is 10.1. The Morgan fingerprint density at radius 1 is 1.27 bits per heavy atom. The van der Waals surface area contributed by atoms with E-state index in [0.717, 1.165) is 37.0 Å². The number of aromatic nitrogens is 1. The third-order valence-corrected chi connectivity index (χ3v) is 6.22. The predicted molar refractivity (Wildman–Crippen MR) is 139 cm³/mol. The molecule has 30 heavy (non-hydrogen) atoms. The molecular formula is C23H36IN5S. The van der Waals surface area contributed by atoms with Gasteiger partial charge in [-0.1, -0.05) is 44.2 Å². The van der Waals surface area contributed by atoms with E-state index in [-0.39, 0.29) is 24.0 Å². The quantitative estimate of drug-likeness (QED) is 0.279. The fourth-order valence-electron chi connectivity index (χ4n) is 3.61. The summed E-state index contributed by atoms with van der Waals surface area (Å²) in [5.74, 6) is 2.06. The van der Waals surface area contributed by atoms with Crippen molar-refractivity contribution >= 4 is 41.3 Å². The Morgan fingerprint density at radius 2 is 2.07 bits per heavy atom. The molecule has 5 nitrogen and oxygen atoms in total. The number of nitrogens with one attached hydrogen (secondary N) is 2. The van der Waals surface area contributed by atoms with Gasteiger partial charge >= 0.3 is 0 Å². The average Bonchev–Trinajstić information content (AvgIpc) is 3.39. The van der Waals surface area contributed by atoms with Crippen LogP contribution in [0.25, 0.3) is 0 Å². The molecule has 166 valence electrons. The smallest absolute Gasteiger partial charge is 0.191 e. The van der Waals surface area contributed by atoms with Crippen molar-refractivity contribution in [3.8, 4) is 0 Å². The summed E-state index contributed by atoms with van der Waals surface area (Å²) < 4.78 is 0. The first-order valence-corrected chi connectivity index (χ1v) is 11.7. The summed E-state index contributed by atoms with van der Waals surface area (Å²) in [6.07, 6.45) is 2.39. The standard InChI is InChI=1S/C23H35N5S.HI/c1-4-24-23(26-15-22-27-21(17-29-22)18(2)3)25-14-20-11-13-28(16-20)12-10-19-8-6-5-7-9-19;/h5-9,17-18,20H,4,10-16H2,1-3H3,(H2,24,25,26);1H. The Morgan fingerprint density at radius 3 is 2.77 bits per heavy atom. The van der Waals surface area contributed by atoms with E-state index in [1.807, 2.05) is 0 Å². The van der Waals surface area contributed by atoms with E-state index in [4.69, 9.17) is 4.99 Å². The van der Waals surface area contributed by atoms with E-state index in [2.05, 4.69) is 77.0 Å². The topological polar surface area (TPSA) is 52.6 Å². The van der Waals surface area contributed by atoms with E-state index in [0.29, 0.717) is 18.4 Å². The SMILES string of the molecule is CCNC(=NCc1nc(C(C)C)cs1)NCC1CCN(CCc2ccccc2)C1.I. The Bertz CT molecular complexity index is 762. The summed E-state index contributed by atoms with van der Waals surface area (Å²) in [5, 5.41) is 10.1.